The van der Waals surface area contributed by atoms with Crippen LogP contribution in [0.25, 0.3) is 16.7 Å². The van der Waals surface area contributed by atoms with Crippen LogP contribution in [0.2, 0.25) is 0 Å². The number of carbonyl (C=O) groups is 1. The van der Waals surface area contributed by atoms with E-state index in [4.69, 9.17) is 5.73 Å². The number of amides is 1. The maximum atomic E-state index is 13.7. The zero-order valence-electron chi connectivity index (χ0n) is 9.75. The Bertz CT molecular complexity index is 781. The van der Waals surface area contributed by atoms with Crippen molar-refractivity contribution in [2.45, 2.75) is 0 Å². The van der Waals surface area contributed by atoms with E-state index in [0.717, 1.165) is 5.39 Å². The van der Waals surface area contributed by atoms with E-state index in [1.165, 1.54) is 16.8 Å². The van der Waals surface area contributed by atoms with Crippen molar-refractivity contribution in [3.05, 3.63) is 54.1 Å². The third-order valence-electron chi connectivity index (χ3n) is 2.80. The number of hydrogen-bond acceptors (Lipinski definition) is 3. The molecule has 2 aromatic heterocycles. The summed E-state index contributed by atoms with van der Waals surface area (Å²) in [5.74, 6) is -1.52. The molecule has 5 nitrogen and oxygen atoms in total. The number of carbonyl (C=O) groups excluding carboxylic acids is 1. The molecule has 94 valence electrons. The molecule has 2 heterocycles. The van der Waals surface area contributed by atoms with Crippen molar-refractivity contribution in [3.8, 4) is 5.69 Å². The van der Waals surface area contributed by atoms with Crippen LogP contribution in [0.5, 0.6) is 0 Å². The van der Waals surface area contributed by atoms with Gasteiger partial charge in [0, 0.05) is 11.6 Å². The maximum absolute atomic E-state index is 13.7. The molecule has 2 N–H and O–H groups in total. The number of benzene rings is 1. The highest BCUT2D eigenvalue weighted by atomic mass is 19.1. The van der Waals surface area contributed by atoms with Gasteiger partial charge >= 0.3 is 0 Å². The Morgan fingerprint density at radius 3 is 2.89 bits per heavy atom. The highest BCUT2D eigenvalue weighted by Crippen LogP contribution is 2.21. The van der Waals surface area contributed by atoms with Gasteiger partial charge in [-0.05, 0) is 24.3 Å². The second-order valence-corrected chi connectivity index (χ2v) is 3.97. The summed E-state index contributed by atoms with van der Waals surface area (Å²) in [4.78, 5) is 15.6. The Morgan fingerprint density at radius 1 is 1.26 bits per heavy atom. The zero-order valence-corrected chi connectivity index (χ0v) is 9.75. The van der Waals surface area contributed by atoms with Crippen molar-refractivity contribution in [2.24, 2.45) is 5.73 Å². The molecule has 3 aromatic rings. The molecule has 0 aliphatic heterocycles. The van der Waals surface area contributed by atoms with E-state index in [-0.39, 0.29) is 11.3 Å². The third kappa shape index (κ3) is 1.74. The van der Waals surface area contributed by atoms with Crippen LogP contribution in [0.1, 0.15) is 10.4 Å². The molecule has 6 heteroatoms. The van der Waals surface area contributed by atoms with Gasteiger partial charge in [0.05, 0.1) is 11.9 Å². The number of halogens is 1. The molecular weight excluding hydrogens is 247 g/mol. The number of primary amides is 1. The monoisotopic (exact) mass is 256 g/mol. The number of pyridine rings is 1. The molecule has 0 fully saturated rings. The Hall–Kier alpha value is -2.76. The molecule has 0 aliphatic carbocycles. The first-order valence-electron chi connectivity index (χ1n) is 5.56. The molecule has 0 saturated heterocycles. The molecule has 0 bridgehead atoms. The lowest BCUT2D eigenvalue weighted by molar-refractivity contribution is 0.0996. The van der Waals surface area contributed by atoms with E-state index in [0.29, 0.717) is 5.65 Å². The predicted molar refractivity (Wildman–Crippen MR) is 67.3 cm³/mol. The van der Waals surface area contributed by atoms with Crippen LogP contribution >= 0.6 is 0 Å². The fourth-order valence-corrected chi connectivity index (χ4v) is 1.97. The summed E-state index contributed by atoms with van der Waals surface area (Å²) in [5, 5.41) is 4.92. The summed E-state index contributed by atoms with van der Waals surface area (Å²) in [5.41, 5.74) is 5.85. The van der Waals surface area contributed by atoms with E-state index in [1.807, 2.05) is 6.07 Å². The van der Waals surface area contributed by atoms with Crippen molar-refractivity contribution in [1.82, 2.24) is 14.8 Å². The van der Waals surface area contributed by atoms with Gasteiger partial charge in [-0.1, -0.05) is 6.07 Å². The van der Waals surface area contributed by atoms with Crippen LogP contribution in [0.4, 0.5) is 4.39 Å². The smallest absolute Gasteiger partial charge is 0.253 e. The fourth-order valence-electron chi connectivity index (χ4n) is 1.97. The first-order valence-corrected chi connectivity index (χ1v) is 5.56. The third-order valence-corrected chi connectivity index (χ3v) is 2.80. The van der Waals surface area contributed by atoms with Gasteiger partial charge in [0.2, 0.25) is 0 Å². The molecule has 0 aliphatic rings. The van der Waals surface area contributed by atoms with E-state index in [1.54, 1.807) is 24.5 Å². The minimum absolute atomic E-state index is 0.196. The molecule has 0 spiro atoms. The molecular formula is C13H9FN4O. The second-order valence-electron chi connectivity index (χ2n) is 3.97. The van der Waals surface area contributed by atoms with Crippen LogP contribution < -0.4 is 5.73 Å². The molecule has 1 aromatic carbocycles. The number of rotatable bonds is 2. The topological polar surface area (TPSA) is 73.8 Å². The quantitative estimate of drug-likeness (QED) is 0.757. The fraction of sp³-hybridized carbons (Fsp3) is 0. The molecule has 0 atom stereocenters. The molecule has 3 rings (SSSR count). The normalized spacial score (nSPS) is 10.8. The van der Waals surface area contributed by atoms with Gasteiger partial charge in [-0.3, -0.25) is 4.79 Å². The number of aromatic nitrogens is 3. The summed E-state index contributed by atoms with van der Waals surface area (Å²) >= 11 is 0. The zero-order chi connectivity index (χ0) is 13.4. The van der Waals surface area contributed by atoms with E-state index in [2.05, 4.69) is 10.1 Å². The van der Waals surface area contributed by atoms with Gasteiger partial charge in [0.1, 0.15) is 11.4 Å². The summed E-state index contributed by atoms with van der Waals surface area (Å²) in [6.07, 6.45) is 3.20. The average Bonchev–Trinajstić information content (AvgIpc) is 2.81. The average molecular weight is 256 g/mol. The van der Waals surface area contributed by atoms with Gasteiger partial charge in [-0.15, -0.1) is 0 Å². The highest BCUT2D eigenvalue weighted by molar-refractivity contribution is 5.97. The lowest BCUT2D eigenvalue weighted by Crippen LogP contribution is -2.17. The number of hydrogen-bond donors (Lipinski definition) is 1. The van der Waals surface area contributed by atoms with Crippen LogP contribution in [-0.4, -0.2) is 20.7 Å². The van der Waals surface area contributed by atoms with Gasteiger partial charge in [-0.2, -0.15) is 5.10 Å². The summed E-state index contributed by atoms with van der Waals surface area (Å²) in [6.45, 7) is 0. The second kappa shape index (κ2) is 4.16. The summed E-state index contributed by atoms with van der Waals surface area (Å²) in [6, 6.07) is 7.85. The molecule has 0 radical (unpaired) electrons. The molecule has 1 amide bonds. The number of nitrogens with zero attached hydrogens (tertiary/aromatic N) is 3. The predicted octanol–water partition coefficient (Wildman–Crippen LogP) is 1.66. The largest absolute Gasteiger partial charge is 0.365 e. The van der Waals surface area contributed by atoms with Gasteiger partial charge in [-0.25, -0.2) is 14.1 Å². The van der Waals surface area contributed by atoms with Crippen LogP contribution in [0.3, 0.4) is 0 Å². The van der Waals surface area contributed by atoms with Gasteiger partial charge < -0.3 is 5.73 Å². The first kappa shape index (κ1) is 11.3. The maximum Gasteiger partial charge on any atom is 0.253 e. The highest BCUT2D eigenvalue weighted by Gasteiger charge is 2.17. The van der Waals surface area contributed by atoms with E-state index in [9.17, 15) is 9.18 Å². The van der Waals surface area contributed by atoms with E-state index >= 15 is 0 Å². The summed E-state index contributed by atoms with van der Waals surface area (Å²) < 4.78 is 15.1. The van der Waals surface area contributed by atoms with E-state index < -0.39 is 11.7 Å². The van der Waals surface area contributed by atoms with Crippen LogP contribution in [-0.2, 0) is 0 Å². The van der Waals surface area contributed by atoms with Crippen molar-refractivity contribution >= 4 is 16.9 Å². The van der Waals surface area contributed by atoms with Crippen molar-refractivity contribution in [3.63, 3.8) is 0 Å². The first-order chi connectivity index (χ1) is 9.18. The standard InChI is InChI=1S/C13H9FN4O/c14-9-4-1-5-10(11(9)12(15)19)18-13-8(7-17-18)3-2-6-16-13/h1-7H,(H2,15,19). The Labute approximate surface area is 107 Å². The molecule has 19 heavy (non-hydrogen) atoms. The van der Waals surface area contributed by atoms with Crippen molar-refractivity contribution in [2.75, 3.05) is 0 Å². The van der Waals surface area contributed by atoms with Gasteiger partial charge in [0.25, 0.3) is 5.91 Å². The lowest BCUT2D eigenvalue weighted by atomic mass is 10.1. The molecule has 0 saturated carbocycles. The van der Waals surface area contributed by atoms with Crippen LogP contribution in [0, 0.1) is 5.82 Å². The Kier molecular flexibility index (Phi) is 2.49. The Morgan fingerprint density at radius 2 is 2.11 bits per heavy atom. The van der Waals surface area contributed by atoms with Crippen LogP contribution in [0.15, 0.2) is 42.7 Å². The van der Waals surface area contributed by atoms with Gasteiger partial charge in [0.15, 0.2) is 5.65 Å². The van der Waals surface area contributed by atoms with Crippen molar-refractivity contribution in [1.29, 1.82) is 0 Å². The van der Waals surface area contributed by atoms with Crippen molar-refractivity contribution < 1.29 is 9.18 Å². The summed E-state index contributed by atoms with van der Waals surface area (Å²) in [7, 11) is 0. The SMILES string of the molecule is NC(=O)c1c(F)cccc1-n1ncc2cccnc21. The molecule has 0 unspecified atom stereocenters. The minimum Gasteiger partial charge on any atom is -0.365 e. The lowest BCUT2D eigenvalue weighted by Gasteiger charge is -2.08. The minimum atomic E-state index is -0.840. The number of fused-ring (bicyclic) bond motifs is 1. The Balaban J connectivity index is 2.33. The number of nitrogens with two attached hydrogens (primary N) is 1.